The lowest BCUT2D eigenvalue weighted by Crippen LogP contribution is -2.13. The van der Waals surface area contributed by atoms with Crippen molar-refractivity contribution >= 4 is 0 Å². The first-order chi connectivity index (χ1) is 15.3. The summed E-state index contributed by atoms with van der Waals surface area (Å²) in [5, 5.41) is 0. The molecular weight excluding hydrogens is 413 g/mol. The zero-order valence-electron chi connectivity index (χ0n) is 18.6. The molecule has 0 saturated heterocycles. The minimum Gasteiger partial charge on any atom is -0.497 e. The predicted molar refractivity (Wildman–Crippen MR) is 121 cm³/mol. The average molecular weight is 443 g/mol. The highest BCUT2D eigenvalue weighted by Crippen LogP contribution is 2.38. The van der Waals surface area contributed by atoms with Gasteiger partial charge in [0.25, 0.3) is 0 Å². The third-order valence-electron chi connectivity index (χ3n) is 6.06. The second-order valence-electron chi connectivity index (χ2n) is 8.36. The quantitative estimate of drug-likeness (QED) is 0.305. The fraction of sp³-hybridized carbons (Fsp3) is 0.333. The van der Waals surface area contributed by atoms with Gasteiger partial charge in [-0.1, -0.05) is 69.3 Å². The molecule has 0 bridgehead atoms. The third kappa shape index (κ3) is 5.64. The van der Waals surface area contributed by atoms with E-state index in [1.165, 1.54) is 7.11 Å². The van der Waals surface area contributed by atoms with Crippen LogP contribution < -0.4 is 0 Å². The molecule has 1 aliphatic rings. The van der Waals surface area contributed by atoms with Crippen LogP contribution in [-0.2, 0) is 16.1 Å². The van der Waals surface area contributed by atoms with Crippen LogP contribution in [0.2, 0.25) is 0 Å². The van der Waals surface area contributed by atoms with Crippen molar-refractivity contribution in [2.45, 2.75) is 45.1 Å². The van der Waals surface area contributed by atoms with E-state index in [9.17, 15) is 13.2 Å². The molecule has 3 rings (SSSR count). The Morgan fingerprint density at radius 1 is 1.00 bits per heavy atom. The van der Waals surface area contributed by atoms with Crippen molar-refractivity contribution in [1.82, 2.24) is 0 Å². The summed E-state index contributed by atoms with van der Waals surface area (Å²) in [5.41, 5.74) is 2.00. The van der Waals surface area contributed by atoms with Gasteiger partial charge in [-0.2, -0.15) is 0 Å². The van der Waals surface area contributed by atoms with Crippen LogP contribution in [0.1, 0.15) is 49.7 Å². The SMILES string of the molecule is C=C(/C=C(/F)C(=C)OCc1ccc(-c2ccc(C3CCC(C)CC3)c(F)c2F)cc1)OC. The van der Waals surface area contributed by atoms with Gasteiger partial charge in [0.1, 0.15) is 18.1 Å². The van der Waals surface area contributed by atoms with Crippen molar-refractivity contribution in [2.24, 2.45) is 5.92 Å². The van der Waals surface area contributed by atoms with Gasteiger partial charge in [-0.3, -0.25) is 0 Å². The maximum Gasteiger partial charge on any atom is 0.168 e. The highest BCUT2D eigenvalue weighted by Gasteiger charge is 2.25. The molecule has 0 heterocycles. The molecular formula is C27H29F3O2. The van der Waals surface area contributed by atoms with Crippen LogP contribution in [-0.4, -0.2) is 7.11 Å². The third-order valence-corrected chi connectivity index (χ3v) is 6.06. The van der Waals surface area contributed by atoms with Crippen molar-refractivity contribution < 1.29 is 22.6 Å². The molecule has 170 valence electrons. The number of benzene rings is 2. The molecule has 1 fully saturated rings. The Morgan fingerprint density at radius 3 is 2.28 bits per heavy atom. The van der Waals surface area contributed by atoms with Crippen LogP contribution in [0.25, 0.3) is 11.1 Å². The van der Waals surface area contributed by atoms with Crippen LogP contribution in [0.5, 0.6) is 0 Å². The molecule has 2 aromatic rings. The first kappa shape index (κ1) is 23.7. The lowest BCUT2D eigenvalue weighted by molar-refractivity contribution is 0.196. The lowest BCUT2D eigenvalue weighted by Gasteiger charge is -2.27. The summed E-state index contributed by atoms with van der Waals surface area (Å²) in [6.45, 7) is 9.33. The van der Waals surface area contributed by atoms with Gasteiger partial charge in [-0.25, -0.2) is 13.2 Å². The molecule has 32 heavy (non-hydrogen) atoms. The Labute approximate surface area is 188 Å². The van der Waals surface area contributed by atoms with Crippen molar-refractivity contribution in [3.05, 3.63) is 95.7 Å². The van der Waals surface area contributed by atoms with E-state index >= 15 is 0 Å². The van der Waals surface area contributed by atoms with Gasteiger partial charge >= 0.3 is 0 Å². The Kier molecular flexibility index (Phi) is 7.84. The Bertz CT molecular complexity index is 1000. The molecule has 0 aromatic heterocycles. The van der Waals surface area contributed by atoms with E-state index in [1.807, 2.05) is 0 Å². The molecule has 1 aliphatic carbocycles. The molecule has 0 amide bonds. The standard InChI is InChI=1S/C27H29F3O2/c1-17-5-9-21(10-6-17)23-13-14-24(27(30)26(23)29)22-11-7-20(8-12-22)16-32-19(3)25(28)15-18(2)31-4/h7-8,11-15,17,21H,2-3,5-6,9-10,16H2,1,4H3/b25-15+. The fourth-order valence-corrected chi connectivity index (χ4v) is 3.97. The van der Waals surface area contributed by atoms with E-state index in [2.05, 4.69) is 20.1 Å². The molecule has 0 atom stereocenters. The van der Waals surface area contributed by atoms with Gasteiger partial charge in [0.05, 0.1) is 7.11 Å². The molecule has 0 N–H and O–H groups in total. The van der Waals surface area contributed by atoms with Crippen molar-refractivity contribution in [3.8, 4) is 11.1 Å². The Hall–Kier alpha value is -2.95. The number of methoxy groups -OCH3 is 1. The number of allylic oxidation sites excluding steroid dienone is 2. The van der Waals surface area contributed by atoms with Crippen molar-refractivity contribution in [2.75, 3.05) is 7.11 Å². The van der Waals surface area contributed by atoms with Gasteiger partial charge in [-0.05, 0) is 41.4 Å². The number of ether oxygens (including phenoxy) is 2. The minimum absolute atomic E-state index is 0.0791. The molecule has 2 nitrogen and oxygen atoms in total. The van der Waals surface area contributed by atoms with Crippen LogP contribution in [0.4, 0.5) is 13.2 Å². The van der Waals surface area contributed by atoms with E-state index < -0.39 is 17.5 Å². The number of rotatable bonds is 8. The topological polar surface area (TPSA) is 18.5 Å². The van der Waals surface area contributed by atoms with Gasteiger partial charge in [0.2, 0.25) is 0 Å². The Balaban J connectivity index is 1.68. The number of hydrogen-bond acceptors (Lipinski definition) is 2. The lowest BCUT2D eigenvalue weighted by atomic mass is 9.79. The first-order valence-corrected chi connectivity index (χ1v) is 10.8. The van der Waals surface area contributed by atoms with E-state index in [1.54, 1.807) is 36.4 Å². The smallest absolute Gasteiger partial charge is 0.168 e. The van der Waals surface area contributed by atoms with E-state index in [-0.39, 0.29) is 29.6 Å². The van der Waals surface area contributed by atoms with Crippen LogP contribution in [0, 0.1) is 17.6 Å². The second kappa shape index (κ2) is 10.6. The molecule has 0 spiro atoms. The fourth-order valence-electron chi connectivity index (χ4n) is 3.97. The molecule has 2 aromatic carbocycles. The molecule has 0 unspecified atom stereocenters. The van der Waals surface area contributed by atoms with Gasteiger partial charge in [0.15, 0.2) is 17.5 Å². The van der Waals surface area contributed by atoms with Crippen LogP contribution in [0.3, 0.4) is 0 Å². The zero-order valence-corrected chi connectivity index (χ0v) is 18.6. The second-order valence-corrected chi connectivity index (χ2v) is 8.36. The van der Waals surface area contributed by atoms with E-state index in [0.29, 0.717) is 17.0 Å². The molecule has 1 saturated carbocycles. The summed E-state index contributed by atoms with van der Waals surface area (Å²) < 4.78 is 53.8. The van der Waals surface area contributed by atoms with Gasteiger partial charge in [-0.15, -0.1) is 0 Å². The summed E-state index contributed by atoms with van der Waals surface area (Å²) in [6, 6.07) is 10.2. The average Bonchev–Trinajstić information content (AvgIpc) is 2.80. The largest absolute Gasteiger partial charge is 0.497 e. The molecule has 0 aliphatic heterocycles. The normalized spacial score (nSPS) is 18.8. The highest BCUT2D eigenvalue weighted by molar-refractivity contribution is 5.65. The summed E-state index contributed by atoms with van der Waals surface area (Å²) >= 11 is 0. The summed E-state index contributed by atoms with van der Waals surface area (Å²) in [6.07, 6.45) is 4.97. The first-order valence-electron chi connectivity index (χ1n) is 10.8. The maximum absolute atomic E-state index is 14.9. The van der Waals surface area contributed by atoms with E-state index in [0.717, 1.165) is 37.3 Å². The summed E-state index contributed by atoms with van der Waals surface area (Å²) in [7, 11) is 1.38. The zero-order chi connectivity index (χ0) is 23.3. The Morgan fingerprint density at radius 2 is 1.66 bits per heavy atom. The monoisotopic (exact) mass is 442 g/mol. The molecule has 5 heteroatoms. The van der Waals surface area contributed by atoms with E-state index in [4.69, 9.17) is 9.47 Å². The van der Waals surface area contributed by atoms with Crippen molar-refractivity contribution in [1.29, 1.82) is 0 Å². The highest BCUT2D eigenvalue weighted by atomic mass is 19.2. The van der Waals surface area contributed by atoms with Crippen LogP contribution >= 0.6 is 0 Å². The van der Waals surface area contributed by atoms with Gasteiger partial charge in [0, 0.05) is 11.6 Å². The number of hydrogen-bond donors (Lipinski definition) is 0. The summed E-state index contributed by atoms with van der Waals surface area (Å²) in [4.78, 5) is 0. The number of halogens is 3. The minimum atomic E-state index is -0.816. The summed E-state index contributed by atoms with van der Waals surface area (Å²) in [5.74, 6) is -1.51. The van der Waals surface area contributed by atoms with Crippen LogP contribution in [0.15, 0.2) is 73.0 Å². The van der Waals surface area contributed by atoms with Crippen molar-refractivity contribution in [3.63, 3.8) is 0 Å². The predicted octanol–water partition coefficient (Wildman–Crippen LogP) is 7.97. The maximum atomic E-state index is 14.9. The van der Waals surface area contributed by atoms with Gasteiger partial charge < -0.3 is 9.47 Å². The molecule has 0 radical (unpaired) electrons.